The molecule has 3 aromatic carbocycles. The first-order valence-electron chi connectivity index (χ1n) is 15.2. The Kier molecular flexibility index (Phi) is 11.1. The van der Waals surface area contributed by atoms with E-state index in [1.165, 1.54) is 0 Å². The van der Waals surface area contributed by atoms with Crippen LogP contribution in [0.15, 0.2) is 152 Å². The highest BCUT2D eigenvalue weighted by Gasteiger charge is 2.41. The summed E-state index contributed by atoms with van der Waals surface area (Å²) in [6.45, 7) is 0. The molecule has 4 aromatic heterocycles. The fraction of sp³-hybridized carbons (Fsp3) is 0.0769. The van der Waals surface area contributed by atoms with Crippen LogP contribution in [0.5, 0.6) is 0 Å². The molecule has 7 aromatic rings. The first-order chi connectivity index (χ1) is 23.3. The number of carbonyl (C=O) groups excluding carboxylic acids is 2. The van der Waals surface area contributed by atoms with Gasteiger partial charge in [-0.1, -0.05) is 91.0 Å². The van der Waals surface area contributed by atoms with Gasteiger partial charge in [0.05, 0.1) is 36.6 Å². The third-order valence-corrected chi connectivity index (χ3v) is 7.88. The van der Waals surface area contributed by atoms with Gasteiger partial charge < -0.3 is 19.1 Å². The number of imidazole rings is 2. The lowest BCUT2D eigenvalue weighted by atomic mass is 9.76. The van der Waals surface area contributed by atoms with Gasteiger partial charge in [-0.2, -0.15) is 0 Å². The van der Waals surface area contributed by atoms with Gasteiger partial charge >= 0.3 is 0 Å². The van der Waals surface area contributed by atoms with Crippen LogP contribution in [0.2, 0.25) is 0 Å². The number of rotatable bonds is 10. The minimum absolute atomic E-state index is 0. The molecule has 4 heterocycles. The number of pyridine rings is 2. The molecule has 0 aliphatic rings. The van der Waals surface area contributed by atoms with E-state index in [2.05, 4.69) is 97.3 Å². The second kappa shape index (κ2) is 16.0. The number of carbonyl (C=O) groups is 2. The Morgan fingerprint density at radius 2 is 1.06 bits per heavy atom. The summed E-state index contributed by atoms with van der Waals surface area (Å²) in [5.41, 5.74) is 6.35. The van der Waals surface area contributed by atoms with Crippen LogP contribution in [0.25, 0.3) is 22.5 Å². The molecule has 0 fully saturated rings. The molecule has 0 aliphatic carbocycles. The minimum atomic E-state index is -0.739. The number of halogens is 1. The third kappa shape index (κ3) is 6.89. The molecule has 0 unspecified atom stereocenters. The largest absolute Gasteiger partial charge is 0.342 e. The molecular weight excluding hydrogens is 620 g/mol. The SMILES string of the molecule is Cl.O=CCc1ncc(-c2ccncc2)[nH]1.O=CCc1ncc(-c2ccncc2)n1C(c1ccccc1)(c1ccccc1)c1ccccc1. The van der Waals surface area contributed by atoms with Crippen molar-refractivity contribution >= 4 is 25.0 Å². The second-order valence-electron chi connectivity index (χ2n) is 10.7. The van der Waals surface area contributed by atoms with Crippen LogP contribution in [0.4, 0.5) is 0 Å². The average Bonchev–Trinajstić information content (AvgIpc) is 3.80. The maximum atomic E-state index is 11.7. The Balaban J connectivity index is 0.000000252. The molecule has 7 rings (SSSR count). The number of hydrogen-bond acceptors (Lipinski definition) is 6. The maximum absolute atomic E-state index is 11.7. The number of aromatic amines is 1. The highest BCUT2D eigenvalue weighted by molar-refractivity contribution is 5.85. The summed E-state index contributed by atoms with van der Waals surface area (Å²) in [4.78, 5) is 42.0. The monoisotopic (exact) mass is 652 g/mol. The summed E-state index contributed by atoms with van der Waals surface area (Å²) in [5.74, 6) is 1.39. The highest BCUT2D eigenvalue weighted by Crippen LogP contribution is 2.44. The quantitative estimate of drug-likeness (QED) is 0.124. The number of aldehydes is 2. The zero-order valence-electron chi connectivity index (χ0n) is 26.0. The van der Waals surface area contributed by atoms with Gasteiger partial charge in [-0.05, 0) is 41.0 Å². The average molecular weight is 653 g/mol. The maximum Gasteiger partial charge on any atom is 0.127 e. The van der Waals surface area contributed by atoms with Gasteiger partial charge in [-0.25, -0.2) is 9.97 Å². The lowest BCUT2D eigenvalue weighted by Gasteiger charge is -2.39. The van der Waals surface area contributed by atoms with Gasteiger partial charge in [0.25, 0.3) is 0 Å². The van der Waals surface area contributed by atoms with Crippen molar-refractivity contribution < 1.29 is 9.59 Å². The van der Waals surface area contributed by atoms with Gasteiger partial charge in [-0.3, -0.25) is 9.97 Å². The van der Waals surface area contributed by atoms with E-state index < -0.39 is 5.54 Å². The van der Waals surface area contributed by atoms with Crippen molar-refractivity contribution in [2.24, 2.45) is 0 Å². The zero-order chi connectivity index (χ0) is 32.3. The summed E-state index contributed by atoms with van der Waals surface area (Å²) in [6, 6.07) is 39.0. The molecule has 0 spiro atoms. The Morgan fingerprint density at radius 1 is 0.583 bits per heavy atom. The molecule has 0 amide bonds. The van der Waals surface area contributed by atoms with Crippen LogP contribution in [0, 0.1) is 0 Å². The van der Waals surface area contributed by atoms with Gasteiger partial charge in [0, 0.05) is 35.9 Å². The van der Waals surface area contributed by atoms with Gasteiger partial charge in [0.1, 0.15) is 29.8 Å². The predicted molar refractivity (Wildman–Crippen MR) is 189 cm³/mol. The Hall–Kier alpha value is -5.99. The molecule has 9 heteroatoms. The van der Waals surface area contributed by atoms with Crippen LogP contribution in [0.3, 0.4) is 0 Å². The summed E-state index contributed by atoms with van der Waals surface area (Å²) >= 11 is 0. The van der Waals surface area contributed by atoms with E-state index >= 15 is 0 Å². The van der Waals surface area contributed by atoms with Crippen molar-refractivity contribution in [2.75, 3.05) is 0 Å². The number of H-pyrrole nitrogens is 1. The number of nitrogens with one attached hydrogen (secondary N) is 1. The van der Waals surface area contributed by atoms with Crippen molar-refractivity contribution in [1.29, 1.82) is 0 Å². The first kappa shape index (κ1) is 33.4. The summed E-state index contributed by atoms with van der Waals surface area (Å²) in [7, 11) is 0. The Bertz CT molecular complexity index is 1920. The van der Waals surface area contributed by atoms with Crippen molar-refractivity contribution in [3.63, 3.8) is 0 Å². The summed E-state index contributed by atoms with van der Waals surface area (Å²) < 4.78 is 2.22. The van der Waals surface area contributed by atoms with E-state index in [0.717, 1.165) is 51.8 Å². The molecule has 0 radical (unpaired) electrons. The summed E-state index contributed by atoms with van der Waals surface area (Å²) in [5, 5.41) is 0. The van der Waals surface area contributed by atoms with E-state index in [-0.39, 0.29) is 18.8 Å². The van der Waals surface area contributed by atoms with E-state index in [1.54, 1.807) is 31.0 Å². The molecule has 8 nitrogen and oxygen atoms in total. The molecule has 238 valence electrons. The summed E-state index contributed by atoms with van der Waals surface area (Å²) in [6.07, 6.45) is 12.8. The second-order valence-corrected chi connectivity index (χ2v) is 10.7. The highest BCUT2D eigenvalue weighted by atomic mass is 35.5. The predicted octanol–water partition coefficient (Wildman–Crippen LogP) is 7.16. The molecule has 48 heavy (non-hydrogen) atoms. The lowest BCUT2D eigenvalue weighted by Crippen LogP contribution is -2.39. The van der Waals surface area contributed by atoms with Gasteiger partial charge in [0.2, 0.25) is 0 Å². The molecule has 0 atom stereocenters. The molecule has 0 saturated heterocycles. The topological polar surface area (TPSA) is 106 Å². The lowest BCUT2D eigenvalue weighted by molar-refractivity contribution is -0.108. The van der Waals surface area contributed by atoms with Crippen LogP contribution < -0.4 is 0 Å². The number of nitrogens with zero attached hydrogens (tertiary/aromatic N) is 5. The zero-order valence-corrected chi connectivity index (χ0v) is 26.8. The fourth-order valence-electron chi connectivity index (χ4n) is 5.86. The number of aromatic nitrogens is 6. The van der Waals surface area contributed by atoms with E-state index in [0.29, 0.717) is 18.1 Å². The van der Waals surface area contributed by atoms with Crippen molar-refractivity contribution in [1.82, 2.24) is 29.5 Å². The molecular formula is C39H33ClN6O2. The molecule has 0 saturated carbocycles. The van der Waals surface area contributed by atoms with Crippen LogP contribution in [0.1, 0.15) is 28.3 Å². The standard InChI is InChI=1S/C29H23N3O.C10H9N3O.ClH/c33-21-18-28-31-22-27(23-16-19-30-20-17-23)32(28)29(24-10-4-1-5-11-24,25-12-6-2-7-13-25)26-14-8-3-9-15-26;14-6-3-10-12-7-9(13-10)8-1-4-11-5-2-8;/h1-17,19-22H,18H2;1-2,4-7H,3H2,(H,12,13);1H. The van der Waals surface area contributed by atoms with E-state index in [4.69, 9.17) is 4.98 Å². The van der Waals surface area contributed by atoms with Crippen LogP contribution in [-0.2, 0) is 28.0 Å². The Morgan fingerprint density at radius 3 is 1.54 bits per heavy atom. The number of hydrogen-bond donors (Lipinski definition) is 1. The van der Waals surface area contributed by atoms with E-state index in [9.17, 15) is 9.59 Å². The van der Waals surface area contributed by atoms with Crippen molar-refractivity contribution in [3.8, 4) is 22.5 Å². The molecule has 0 bridgehead atoms. The normalized spacial score (nSPS) is 10.7. The smallest absolute Gasteiger partial charge is 0.127 e. The fourth-order valence-corrected chi connectivity index (χ4v) is 5.86. The molecule has 0 aliphatic heterocycles. The van der Waals surface area contributed by atoms with Gasteiger partial charge in [-0.15, -0.1) is 12.4 Å². The minimum Gasteiger partial charge on any atom is -0.342 e. The molecule has 1 N–H and O–H groups in total. The first-order valence-corrected chi connectivity index (χ1v) is 15.2. The Labute approximate surface area is 285 Å². The third-order valence-electron chi connectivity index (χ3n) is 7.88. The van der Waals surface area contributed by atoms with Crippen molar-refractivity contribution in [3.05, 3.63) is 181 Å². The van der Waals surface area contributed by atoms with Crippen molar-refractivity contribution in [2.45, 2.75) is 18.4 Å². The van der Waals surface area contributed by atoms with E-state index in [1.807, 2.05) is 48.7 Å². The van der Waals surface area contributed by atoms with Crippen LogP contribution >= 0.6 is 12.4 Å². The van der Waals surface area contributed by atoms with Crippen LogP contribution in [-0.4, -0.2) is 42.1 Å². The number of benzene rings is 3. The van der Waals surface area contributed by atoms with Gasteiger partial charge in [0.15, 0.2) is 0 Å².